The summed E-state index contributed by atoms with van der Waals surface area (Å²) in [6, 6.07) is -1.16. The molecule has 1 aliphatic heterocycles. The van der Waals surface area contributed by atoms with E-state index in [4.69, 9.17) is 36.2 Å². The molecule has 3 rings (SSSR count). The molecule has 174 valence electrons. The van der Waals surface area contributed by atoms with E-state index in [2.05, 4.69) is 19.5 Å². The molecule has 10 N–H and O–H groups in total. The molecule has 0 amide bonds. The molecule has 1 aliphatic rings. The van der Waals surface area contributed by atoms with Crippen molar-refractivity contribution in [3.05, 3.63) is 12.7 Å². The number of aliphatic hydroxyl groups excluding tert-OH is 3. The molecule has 0 spiro atoms. The van der Waals surface area contributed by atoms with Gasteiger partial charge in [-0.25, -0.2) is 19.5 Å². The topological polar surface area (TPSA) is 270 Å². The molecule has 17 heteroatoms. The number of carboxylic acid groups (broad SMARTS) is 1. The Hall–Kier alpha value is -2.27. The number of carboxylic acids is 1. The Bertz CT molecular complexity index is 951. The zero-order valence-corrected chi connectivity index (χ0v) is 16.9. The number of aliphatic hydroxyl groups is 3. The first-order valence-electron chi connectivity index (χ1n) is 8.64. The van der Waals surface area contributed by atoms with Gasteiger partial charge in [-0.15, -0.1) is 0 Å². The Morgan fingerprint density at radius 3 is 2.48 bits per heavy atom. The van der Waals surface area contributed by atoms with E-state index in [1.54, 1.807) is 0 Å². The molecule has 0 saturated carbocycles. The number of phosphoric acid groups is 1. The lowest BCUT2D eigenvalue weighted by molar-refractivity contribution is -0.140. The Morgan fingerprint density at radius 2 is 1.97 bits per heavy atom. The van der Waals surface area contributed by atoms with Crippen LogP contribution < -0.4 is 11.5 Å². The van der Waals surface area contributed by atoms with E-state index in [9.17, 15) is 19.6 Å². The molecule has 6 atom stereocenters. The van der Waals surface area contributed by atoms with Gasteiger partial charge in [-0.1, -0.05) is 0 Å². The van der Waals surface area contributed by atoms with Crippen molar-refractivity contribution >= 4 is 30.8 Å². The fourth-order valence-electron chi connectivity index (χ4n) is 2.53. The van der Waals surface area contributed by atoms with Crippen molar-refractivity contribution in [1.82, 2.24) is 19.5 Å². The van der Waals surface area contributed by atoms with Crippen LogP contribution in [0.4, 0.5) is 5.82 Å². The Morgan fingerprint density at radius 1 is 1.32 bits per heavy atom. The monoisotopic (exact) mass is 466 g/mol. The average Bonchev–Trinajstić information content (AvgIpc) is 3.22. The van der Waals surface area contributed by atoms with E-state index < -0.39 is 57.1 Å². The largest absolute Gasteiger partial charge is 0.480 e. The summed E-state index contributed by atoms with van der Waals surface area (Å²) in [7, 11) is -4.72. The third kappa shape index (κ3) is 6.13. The number of nitrogens with two attached hydrogens (primary N) is 2. The van der Waals surface area contributed by atoms with Gasteiger partial charge in [-0.3, -0.25) is 13.9 Å². The maximum absolute atomic E-state index is 10.7. The lowest BCUT2D eigenvalue weighted by Gasteiger charge is -2.16. The molecular formula is C14H23N6O10P. The van der Waals surface area contributed by atoms with Crippen LogP contribution in [-0.2, 0) is 18.6 Å². The molecule has 0 aromatic carbocycles. The van der Waals surface area contributed by atoms with Gasteiger partial charge in [-0.2, -0.15) is 0 Å². The van der Waals surface area contributed by atoms with Crippen LogP contribution in [0.25, 0.3) is 11.2 Å². The second-order valence-corrected chi connectivity index (χ2v) is 7.76. The summed E-state index contributed by atoms with van der Waals surface area (Å²) in [4.78, 5) is 39.0. The fourth-order valence-corrected chi connectivity index (χ4v) is 2.87. The first kappa shape index (κ1) is 25.0. The predicted molar refractivity (Wildman–Crippen MR) is 101 cm³/mol. The first-order chi connectivity index (χ1) is 14.3. The number of ether oxygens (including phenoxy) is 1. The average molecular weight is 466 g/mol. The number of carbonyl (C=O) groups is 1. The van der Waals surface area contributed by atoms with Crippen LogP contribution in [-0.4, -0.2) is 92.8 Å². The van der Waals surface area contributed by atoms with Gasteiger partial charge in [0.15, 0.2) is 17.7 Å². The number of phosphoric ester groups is 1. The summed E-state index contributed by atoms with van der Waals surface area (Å²) in [6.07, 6.45) is -3.47. The Kier molecular flexibility index (Phi) is 7.98. The van der Waals surface area contributed by atoms with Crippen molar-refractivity contribution in [3.8, 4) is 0 Å². The van der Waals surface area contributed by atoms with Crippen LogP contribution in [0, 0.1) is 0 Å². The van der Waals surface area contributed by atoms with Gasteiger partial charge in [0.2, 0.25) is 0 Å². The highest BCUT2D eigenvalue weighted by molar-refractivity contribution is 7.46. The number of anilines is 1. The number of hydrogen-bond acceptors (Lipinski definition) is 12. The van der Waals surface area contributed by atoms with Crippen LogP contribution in [0.2, 0.25) is 0 Å². The first-order valence-corrected chi connectivity index (χ1v) is 10.2. The molecule has 3 heterocycles. The third-order valence-electron chi connectivity index (χ3n) is 4.21. The normalized spacial score (nSPS) is 25.6. The van der Waals surface area contributed by atoms with Gasteiger partial charge in [0, 0.05) is 0 Å². The maximum Gasteiger partial charge on any atom is 0.469 e. The summed E-state index contributed by atoms with van der Waals surface area (Å²) in [5, 5.41) is 36.6. The van der Waals surface area contributed by atoms with Gasteiger partial charge in [0.1, 0.15) is 36.2 Å². The summed E-state index contributed by atoms with van der Waals surface area (Å²) in [6.45, 7) is 0.738. The molecule has 1 fully saturated rings. The summed E-state index contributed by atoms with van der Waals surface area (Å²) in [5.74, 6) is -1.04. The predicted octanol–water partition coefficient (Wildman–Crippen LogP) is -3.08. The van der Waals surface area contributed by atoms with Gasteiger partial charge >= 0.3 is 13.8 Å². The van der Waals surface area contributed by atoms with Gasteiger partial charge in [0.05, 0.1) is 19.0 Å². The number of fused-ring (bicyclic) bond motifs is 1. The Labute approximate surface area is 174 Å². The second-order valence-electron chi connectivity index (χ2n) is 6.52. The third-order valence-corrected chi connectivity index (χ3v) is 4.70. The van der Waals surface area contributed by atoms with E-state index in [1.807, 2.05) is 0 Å². The molecule has 31 heavy (non-hydrogen) atoms. The number of hydrogen-bond donors (Lipinski definition) is 8. The molecule has 2 aromatic rings. The van der Waals surface area contributed by atoms with Crippen molar-refractivity contribution < 1.29 is 48.8 Å². The van der Waals surface area contributed by atoms with E-state index >= 15 is 0 Å². The minimum Gasteiger partial charge on any atom is -0.480 e. The lowest BCUT2D eigenvalue weighted by atomic mass is 10.1. The van der Waals surface area contributed by atoms with Crippen LogP contribution >= 0.6 is 7.82 Å². The van der Waals surface area contributed by atoms with Crippen molar-refractivity contribution in [2.75, 3.05) is 12.3 Å². The second kappa shape index (κ2) is 9.90. The maximum atomic E-state index is 10.7. The van der Waals surface area contributed by atoms with Crippen LogP contribution in [0.1, 0.15) is 13.2 Å². The molecule has 16 nitrogen and oxygen atoms in total. The van der Waals surface area contributed by atoms with Crippen molar-refractivity contribution in [2.24, 2.45) is 5.73 Å². The highest BCUT2D eigenvalue weighted by Crippen LogP contribution is 2.38. The van der Waals surface area contributed by atoms with Gasteiger partial charge in [0.25, 0.3) is 0 Å². The molecule has 0 radical (unpaired) electrons. The quantitative estimate of drug-likeness (QED) is 0.196. The minimum atomic E-state index is -4.72. The summed E-state index contributed by atoms with van der Waals surface area (Å²) >= 11 is 0. The van der Waals surface area contributed by atoms with Crippen LogP contribution in [0.5, 0.6) is 0 Å². The highest BCUT2D eigenvalue weighted by atomic mass is 31.2. The molecule has 1 saturated heterocycles. The molecular weight excluding hydrogens is 443 g/mol. The standard InChI is InChI=1S/C10H14N5O7P.C4H9NO3/c11-8-5-9(13-2-12-8)15(3-14-5)10-7(17)6(16)4(22-10)1-21-23(18,19)20;1-2(6)3(5)4(7)8/h2-4,6-7,10,16-17H,1H2,(H2,11,12,13)(H2,18,19,20);2-3,6H,5H2,1H3,(H,7,8)/t4-,6-,7-,10-;/m1./s1. The molecule has 0 aliphatic carbocycles. The zero-order valence-electron chi connectivity index (χ0n) is 16.0. The van der Waals surface area contributed by atoms with Crippen molar-refractivity contribution in [3.63, 3.8) is 0 Å². The fraction of sp³-hybridized carbons (Fsp3) is 0.571. The van der Waals surface area contributed by atoms with E-state index in [0.29, 0.717) is 5.52 Å². The van der Waals surface area contributed by atoms with Crippen molar-refractivity contribution in [1.29, 1.82) is 0 Å². The number of aliphatic carboxylic acids is 1. The summed E-state index contributed by atoms with van der Waals surface area (Å²) in [5.41, 5.74) is 11.2. The highest BCUT2D eigenvalue weighted by Gasteiger charge is 2.45. The van der Waals surface area contributed by atoms with E-state index in [1.165, 1.54) is 24.1 Å². The minimum absolute atomic E-state index is 0.142. The smallest absolute Gasteiger partial charge is 0.469 e. The van der Waals surface area contributed by atoms with Gasteiger partial charge < -0.3 is 46.4 Å². The number of rotatable bonds is 6. The number of imidazole rings is 1. The van der Waals surface area contributed by atoms with Crippen molar-refractivity contribution in [2.45, 2.75) is 43.6 Å². The SMILES string of the molecule is CC(O)C(N)C(=O)O.Nc1ncnc2c1ncn2[C@@H]1O[C@H](COP(=O)(O)O)[C@@H](O)[C@H]1O. The molecule has 0 bridgehead atoms. The Balaban J connectivity index is 0.000000366. The van der Waals surface area contributed by atoms with Crippen LogP contribution in [0.15, 0.2) is 12.7 Å². The zero-order chi connectivity index (χ0) is 23.5. The van der Waals surface area contributed by atoms with Crippen LogP contribution in [0.3, 0.4) is 0 Å². The molecule has 2 unspecified atom stereocenters. The van der Waals surface area contributed by atoms with E-state index in [-0.39, 0.29) is 11.5 Å². The van der Waals surface area contributed by atoms with Gasteiger partial charge in [-0.05, 0) is 6.92 Å². The van der Waals surface area contributed by atoms with E-state index in [0.717, 1.165) is 0 Å². The number of aromatic nitrogens is 4. The number of nitrogens with zero attached hydrogens (tertiary/aromatic N) is 4. The lowest BCUT2D eigenvalue weighted by Crippen LogP contribution is -2.39. The summed E-state index contributed by atoms with van der Waals surface area (Å²) < 4.78 is 21.8. The number of nitrogen functional groups attached to an aromatic ring is 1. The molecule has 2 aromatic heterocycles.